The van der Waals surface area contributed by atoms with Gasteiger partial charge in [0.05, 0.1) is 5.56 Å². The number of nitrogens with one attached hydrogen (secondary N) is 1. The number of benzene rings is 3. The van der Waals surface area contributed by atoms with Gasteiger partial charge in [0.15, 0.2) is 11.6 Å². The molecule has 0 fully saturated rings. The zero-order chi connectivity index (χ0) is 24.5. The molecular weight excluding hydrogens is 430 g/mol. The summed E-state index contributed by atoms with van der Waals surface area (Å²) in [4.78, 5) is 13.6. The molecule has 4 rings (SSSR count). The van der Waals surface area contributed by atoms with E-state index in [4.69, 9.17) is 0 Å². The van der Waals surface area contributed by atoms with Crippen LogP contribution in [0.25, 0.3) is 10.9 Å². The molecule has 0 aliphatic heterocycles. The highest BCUT2D eigenvalue weighted by Crippen LogP contribution is 2.36. The molecule has 0 spiro atoms. The van der Waals surface area contributed by atoms with Gasteiger partial charge in [-0.25, -0.2) is 8.78 Å². The number of carbonyl (C=O) groups excluding carboxylic acids is 1. The minimum absolute atomic E-state index is 0.109. The van der Waals surface area contributed by atoms with Crippen LogP contribution in [0.5, 0.6) is 0 Å². The highest BCUT2D eigenvalue weighted by atomic mass is 19.2. The van der Waals surface area contributed by atoms with Gasteiger partial charge in [-0.1, -0.05) is 76.2 Å². The Labute approximate surface area is 199 Å². The highest BCUT2D eigenvalue weighted by molar-refractivity contribution is 6.09. The number of carbonyl (C=O) groups is 1. The van der Waals surface area contributed by atoms with Crippen molar-refractivity contribution in [3.8, 4) is 0 Å². The molecule has 34 heavy (non-hydrogen) atoms. The number of fused-ring (bicyclic) bond motifs is 1. The standard InChI is InChI=1S/C29H30F2N2O/c1-5-19-11-13-22-25(16-19)33(18-20-9-7-6-8-10-20)27(29(2,3)4)26(22)28(34)32-17-21-12-14-23(30)24(31)15-21/h6-16H,5,17-18H2,1-4H3,(H,32,34). The summed E-state index contributed by atoms with van der Waals surface area (Å²) in [5.41, 5.74) is 5.14. The molecule has 0 aliphatic carbocycles. The zero-order valence-corrected chi connectivity index (χ0v) is 20.1. The molecule has 1 aromatic heterocycles. The summed E-state index contributed by atoms with van der Waals surface area (Å²) in [6.07, 6.45) is 0.898. The molecule has 5 heteroatoms. The predicted octanol–water partition coefficient (Wildman–Crippen LogP) is 6.76. The molecule has 0 saturated carbocycles. The summed E-state index contributed by atoms with van der Waals surface area (Å²) in [5, 5.41) is 3.82. The predicted molar refractivity (Wildman–Crippen MR) is 133 cm³/mol. The first-order valence-electron chi connectivity index (χ1n) is 11.6. The lowest BCUT2D eigenvalue weighted by Gasteiger charge is -2.24. The molecule has 176 valence electrons. The van der Waals surface area contributed by atoms with Crippen LogP contribution in [0.4, 0.5) is 8.78 Å². The molecule has 0 atom stereocenters. The summed E-state index contributed by atoms with van der Waals surface area (Å²) < 4.78 is 29.2. The third-order valence-corrected chi connectivity index (χ3v) is 6.10. The fourth-order valence-corrected chi connectivity index (χ4v) is 4.48. The van der Waals surface area contributed by atoms with E-state index in [-0.39, 0.29) is 17.9 Å². The van der Waals surface area contributed by atoms with E-state index in [9.17, 15) is 13.6 Å². The summed E-state index contributed by atoms with van der Waals surface area (Å²) in [7, 11) is 0. The van der Waals surface area contributed by atoms with E-state index in [0.717, 1.165) is 40.7 Å². The van der Waals surface area contributed by atoms with Crippen molar-refractivity contribution in [2.24, 2.45) is 0 Å². The molecule has 0 unspecified atom stereocenters. The Morgan fingerprint density at radius 3 is 2.24 bits per heavy atom. The van der Waals surface area contributed by atoms with Gasteiger partial charge >= 0.3 is 0 Å². The van der Waals surface area contributed by atoms with E-state index in [1.807, 2.05) is 24.3 Å². The molecule has 1 N–H and O–H groups in total. The van der Waals surface area contributed by atoms with Crippen LogP contribution < -0.4 is 5.32 Å². The summed E-state index contributed by atoms with van der Waals surface area (Å²) >= 11 is 0. The number of hydrogen-bond acceptors (Lipinski definition) is 1. The van der Waals surface area contributed by atoms with Crippen LogP contribution >= 0.6 is 0 Å². The average molecular weight is 461 g/mol. The van der Waals surface area contributed by atoms with Crippen LogP contribution in [0.15, 0.2) is 66.7 Å². The molecule has 3 nitrogen and oxygen atoms in total. The van der Waals surface area contributed by atoms with Crippen molar-refractivity contribution >= 4 is 16.8 Å². The van der Waals surface area contributed by atoms with Crippen LogP contribution in [0, 0.1) is 11.6 Å². The molecule has 4 aromatic rings. The van der Waals surface area contributed by atoms with Crippen molar-refractivity contribution in [2.45, 2.75) is 52.6 Å². The lowest BCUT2D eigenvalue weighted by Crippen LogP contribution is -2.28. The molecule has 1 heterocycles. The topological polar surface area (TPSA) is 34.0 Å². The first-order valence-corrected chi connectivity index (χ1v) is 11.6. The van der Waals surface area contributed by atoms with Crippen molar-refractivity contribution in [2.75, 3.05) is 0 Å². The lowest BCUT2D eigenvalue weighted by atomic mass is 9.88. The average Bonchev–Trinajstić information content (AvgIpc) is 3.14. The van der Waals surface area contributed by atoms with Crippen LogP contribution in [-0.4, -0.2) is 10.5 Å². The van der Waals surface area contributed by atoms with Gasteiger partial charge < -0.3 is 9.88 Å². The van der Waals surface area contributed by atoms with E-state index in [1.165, 1.54) is 11.6 Å². The number of amides is 1. The van der Waals surface area contributed by atoms with Crippen molar-refractivity contribution in [3.05, 3.63) is 106 Å². The third-order valence-electron chi connectivity index (χ3n) is 6.10. The van der Waals surface area contributed by atoms with Gasteiger partial charge in [0, 0.05) is 35.1 Å². The van der Waals surface area contributed by atoms with E-state index >= 15 is 0 Å². The van der Waals surface area contributed by atoms with Gasteiger partial charge in [0.2, 0.25) is 0 Å². The number of aromatic nitrogens is 1. The summed E-state index contributed by atoms with van der Waals surface area (Å²) in [6.45, 7) is 9.19. The number of aryl methyl sites for hydroxylation is 1. The Hall–Kier alpha value is -3.47. The first kappa shape index (κ1) is 23.7. The highest BCUT2D eigenvalue weighted by Gasteiger charge is 2.30. The fraction of sp³-hybridized carbons (Fsp3) is 0.276. The van der Waals surface area contributed by atoms with Gasteiger partial charge in [0.1, 0.15) is 0 Å². The molecule has 1 amide bonds. The third kappa shape index (κ3) is 4.74. The van der Waals surface area contributed by atoms with Gasteiger partial charge in [-0.2, -0.15) is 0 Å². The van der Waals surface area contributed by atoms with Crippen molar-refractivity contribution in [1.29, 1.82) is 0 Å². The molecule has 0 aliphatic rings. The molecule has 3 aromatic carbocycles. The lowest BCUT2D eigenvalue weighted by molar-refractivity contribution is 0.0950. The largest absolute Gasteiger partial charge is 0.348 e. The monoisotopic (exact) mass is 460 g/mol. The quantitative estimate of drug-likeness (QED) is 0.339. The van der Waals surface area contributed by atoms with Crippen molar-refractivity contribution < 1.29 is 13.6 Å². The first-order chi connectivity index (χ1) is 16.2. The Kier molecular flexibility index (Phi) is 6.56. The van der Waals surface area contributed by atoms with E-state index in [1.54, 1.807) is 0 Å². The zero-order valence-electron chi connectivity index (χ0n) is 20.1. The molecule has 0 radical (unpaired) electrons. The molecular formula is C29H30F2N2O. The van der Waals surface area contributed by atoms with Crippen LogP contribution in [-0.2, 0) is 24.9 Å². The van der Waals surface area contributed by atoms with E-state index in [0.29, 0.717) is 17.7 Å². The number of hydrogen-bond donors (Lipinski definition) is 1. The van der Waals surface area contributed by atoms with Gasteiger partial charge in [-0.15, -0.1) is 0 Å². The maximum absolute atomic E-state index is 13.6. The summed E-state index contributed by atoms with van der Waals surface area (Å²) in [6, 6.07) is 20.1. The van der Waals surface area contributed by atoms with Crippen LogP contribution in [0.2, 0.25) is 0 Å². The van der Waals surface area contributed by atoms with E-state index in [2.05, 4.69) is 61.8 Å². The van der Waals surface area contributed by atoms with Gasteiger partial charge in [0.25, 0.3) is 5.91 Å². The minimum atomic E-state index is -0.923. The van der Waals surface area contributed by atoms with Crippen molar-refractivity contribution in [3.63, 3.8) is 0 Å². The van der Waals surface area contributed by atoms with Crippen LogP contribution in [0.1, 0.15) is 60.4 Å². The maximum Gasteiger partial charge on any atom is 0.254 e. The second-order valence-electron chi connectivity index (χ2n) is 9.68. The maximum atomic E-state index is 13.6. The summed E-state index contributed by atoms with van der Waals surface area (Å²) in [5.74, 6) is -2.05. The molecule has 0 bridgehead atoms. The Morgan fingerprint density at radius 1 is 0.882 bits per heavy atom. The SMILES string of the molecule is CCc1ccc2c(C(=O)NCc3ccc(F)c(F)c3)c(C(C)(C)C)n(Cc3ccccc3)c2c1. The second-order valence-corrected chi connectivity index (χ2v) is 9.68. The Balaban J connectivity index is 1.82. The number of nitrogens with zero attached hydrogens (tertiary/aromatic N) is 1. The van der Waals surface area contributed by atoms with Gasteiger partial charge in [-0.3, -0.25) is 4.79 Å². The van der Waals surface area contributed by atoms with E-state index < -0.39 is 11.6 Å². The Morgan fingerprint density at radius 2 is 1.59 bits per heavy atom. The minimum Gasteiger partial charge on any atom is -0.348 e. The second kappa shape index (κ2) is 9.41. The normalized spacial score (nSPS) is 11.7. The number of halogens is 2. The molecule has 0 saturated heterocycles. The Bertz CT molecular complexity index is 1330. The fourth-order valence-electron chi connectivity index (χ4n) is 4.48. The van der Waals surface area contributed by atoms with Crippen LogP contribution in [0.3, 0.4) is 0 Å². The van der Waals surface area contributed by atoms with Crippen molar-refractivity contribution in [1.82, 2.24) is 9.88 Å². The smallest absolute Gasteiger partial charge is 0.254 e. The van der Waals surface area contributed by atoms with Gasteiger partial charge in [-0.05, 0) is 41.3 Å². The number of rotatable bonds is 6.